The lowest BCUT2D eigenvalue weighted by atomic mass is 9.87. The molecule has 0 bridgehead atoms. The maximum Gasteiger partial charge on any atom is 0.336 e. The molecule has 7 nitrogen and oxygen atoms in total. The highest BCUT2D eigenvalue weighted by Gasteiger charge is 2.49. The first-order chi connectivity index (χ1) is 13.1. The average Bonchev–Trinajstić information content (AvgIpc) is 2.62. The van der Waals surface area contributed by atoms with Crippen molar-refractivity contribution in [2.45, 2.75) is 52.4 Å². The number of rotatable bonds is 3. The van der Waals surface area contributed by atoms with Crippen LogP contribution in [0.2, 0.25) is 0 Å². The van der Waals surface area contributed by atoms with Gasteiger partial charge in [-0.25, -0.2) is 9.59 Å². The van der Waals surface area contributed by atoms with Gasteiger partial charge in [0.15, 0.2) is 12.2 Å². The summed E-state index contributed by atoms with van der Waals surface area (Å²) < 4.78 is 22.7. The van der Waals surface area contributed by atoms with Gasteiger partial charge in [-0.05, 0) is 45.9 Å². The first-order valence-electron chi connectivity index (χ1n) is 8.91. The van der Waals surface area contributed by atoms with E-state index in [2.05, 4.69) is 0 Å². The molecule has 3 rings (SSSR count). The second-order valence-electron chi connectivity index (χ2n) is 7.18. The van der Waals surface area contributed by atoms with Crippen molar-refractivity contribution in [1.82, 2.24) is 0 Å². The minimum atomic E-state index is -1.01. The van der Waals surface area contributed by atoms with E-state index in [1.165, 1.54) is 13.0 Å². The number of ether oxygens (including phenoxy) is 3. The monoisotopic (exact) mass is 386 g/mol. The van der Waals surface area contributed by atoms with E-state index in [0.717, 1.165) is 0 Å². The maximum atomic E-state index is 12.5. The van der Waals surface area contributed by atoms with Crippen molar-refractivity contribution >= 4 is 22.9 Å². The molecule has 28 heavy (non-hydrogen) atoms. The maximum absolute atomic E-state index is 12.5. The van der Waals surface area contributed by atoms with Gasteiger partial charge < -0.3 is 18.6 Å². The Morgan fingerprint density at radius 1 is 1.11 bits per heavy atom. The number of benzene rings is 1. The topological polar surface area (TPSA) is 92.0 Å². The van der Waals surface area contributed by atoms with Gasteiger partial charge in [0.1, 0.15) is 16.9 Å². The molecule has 0 N–H and O–H groups in total. The Balaban J connectivity index is 2.25. The third-order valence-corrected chi connectivity index (χ3v) is 4.69. The summed E-state index contributed by atoms with van der Waals surface area (Å²) >= 11 is 0. The zero-order valence-corrected chi connectivity index (χ0v) is 16.4. The smallest absolute Gasteiger partial charge is 0.336 e. The van der Waals surface area contributed by atoms with E-state index in [4.69, 9.17) is 18.6 Å². The van der Waals surface area contributed by atoms with E-state index < -0.39 is 35.4 Å². The molecule has 1 aromatic carbocycles. The first kappa shape index (κ1) is 19.7. The first-order valence-corrected chi connectivity index (χ1v) is 8.91. The van der Waals surface area contributed by atoms with E-state index in [1.807, 2.05) is 0 Å². The van der Waals surface area contributed by atoms with E-state index in [-0.39, 0.29) is 5.58 Å². The summed E-state index contributed by atoms with van der Waals surface area (Å²) in [6.07, 6.45) is -0.334. The van der Waals surface area contributed by atoms with Gasteiger partial charge in [0.25, 0.3) is 0 Å². The number of esters is 2. The number of carbonyl (C=O) groups is 2. The van der Waals surface area contributed by atoms with Crippen molar-refractivity contribution < 1.29 is 28.2 Å². The van der Waals surface area contributed by atoms with Crippen molar-refractivity contribution in [3.8, 4) is 5.75 Å². The Morgan fingerprint density at radius 2 is 1.79 bits per heavy atom. The van der Waals surface area contributed by atoms with Crippen molar-refractivity contribution in [3.05, 3.63) is 51.9 Å². The lowest BCUT2D eigenvalue weighted by Gasteiger charge is -2.43. The Hall–Kier alpha value is -3.09. The highest BCUT2D eigenvalue weighted by molar-refractivity contribution is 5.89. The second kappa shape index (κ2) is 7.14. The molecule has 1 aliphatic heterocycles. The molecule has 0 radical (unpaired) electrons. The normalized spacial score (nSPS) is 20.8. The van der Waals surface area contributed by atoms with Crippen molar-refractivity contribution in [1.29, 1.82) is 0 Å². The SMILES string of the molecule is CC=C(C)C(=O)O[C@H]1c2c(ccc3ccc(=O)oc23)OC(C)(C)[C@@H]1OC(C)=O. The van der Waals surface area contributed by atoms with Gasteiger partial charge in [-0.2, -0.15) is 0 Å². The average molecular weight is 386 g/mol. The molecule has 1 aromatic heterocycles. The standard InChI is InChI=1S/C21H22O7/c1-6-11(2)20(24)27-18-16-14(28-21(4,5)19(18)25-12(3)22)9-7-13-8-10-15(23)26-17(13)16/h6-10,18-19H,1-5H3/t18-,19+/m0/s1. The van der Waals surface area contributed by atoms with Crippen LogP contribution in [0.5, 0.6) is 5.75 Å². The fraction of sp³-hybridized carbons (Fsp3) is 0.381. The quantitative estimate of drug-likeness (QED) is 0.453. The molecule has 148 valence electrons. The molecule has 2 heterocycles. The largest absolute Gasteiger partial charge is 0.483 e. The zero-order valence-electron chi connectivity index (χ0n) is 16.4. The summed E-state index contributed by atoms with van der Waals surface area (Å²) in [6.45, 7) is 8.08. The number of fused-ring (bicyclic) bond motifs is 3. The molecule has 2 atom stereocenters. The van der Waals surface area contributed by atoms with Crippen molar-refractivity contribution in [2.75, 3.05) is 0 Å². The lowest BCUT2D eigenvalue weighted by Crippen LogP contribution is -2.52. The molecule has 2 aromatic rings. The van der Waals surface area contributed by atoms with E-state index in [1.54, 1.807) is 52.0 Å². The molecule has 0 saturated heterocycles. The predicted octanol–water partition coefficient (Wildman–Crippen LogP) is 3.45. The molecule has 0 saturated carbocycles. The van der Waals surface area contributed by atoms with Crippen LogP contribution in [0.15, 0.2) is 45.1 Å². The van der Waals surface area contributed by atoms with E-state index >= 15 is 0 Å². The molecule has 1 aliphatic rings. The van der Waals surface area contributed by atoms with Gasteiger partial charge in [-0.15, -0.1) is 0 Å². The summed E-state index contributed by atoms with van der Waals surface area (Å²) in [5.41, 5.74) is -0.555. The van der Waals surface area contributed by atoms with Crippen LogP contribution in [0.25, 0.3) is 11.0 Å². The van der Waals surface area contributed by atoms with Crippen molar-refractivity contribution in [3.63, 3.8) is 0 Å². The van der Waals surface area contributed by atoms with Crippen LogP contribution < -0.4 is 10.4 Å². The summed E-state index contributed by atoms with van der Waals surface area (Å²) in [7, 11) is 0. The number of hydrogen-bond donors (Lipinski definition) is 0. The van der Waals surface area contributed by atoms with Crippen LogP contribution in [0, 0.1) is 0 Å². The highest BCUT2D eigenvalue weighted by Crippen LogP contribution is 2.46. The fourth-order valence-electron chi connectivity index (χ4n) is 3.18. The summed E-state index contributed by atoms with van der Waals surface area (Å²) in [4.78, 5) is 36.1. The van der Waals surface area contributed by atoms with Crippen LogP contribution in [0.1, 0.15) is 46.3 Å². The Morgan fingerprint density at radius 3 is 2.43 bits per heavy atom. The van der Waals surface area contributed by atoms with Crippen LogP contribution in [0.4, 0.5) is 0 Å². The van der Waals surface area contributed by atoms with Gasteiger partial charge >= 0.3 is 17.6 Å². The van der Waals surface area contributed by atoms with Gasteiger partial charge in [0, 0.05) is 23.9 Å². The number of carbonyl (C=O) groups excluding carboxylic acids is 2. The number of allylic oxidation sites excluding steroid dienone is 1. The second-order valence-corrected chi connectivity index (χ2v) is 7.18. The third kappa shape index (κ3) is 3.52. The summed E-state index contributed by atoms with van der Waals surface area (Å²) in [6, 6.07) is 6.37. The third-order valence-electron chi connectivity index (χ3n) is 4.69. The molecule has 7 heteroatoms. The van der Waals surface area contributed by atoms with Gasteiger partial charge in [-0.3, -0.25) is 4.79 Å². The Labute approximate surface area is 161 Å². The molecular formula is C21H22O7. The molecule has 0 spiro atoms. The van der Waals surface area contributed by atoms with Crippen molar-refractivity contribution in [2.24, 2.45) is 0 Å². The predicted molar refractivity (Wildman–Crippen MR) is 101 cm³/mol. The molecular weight excluding hydrogens is 364 g/mol. The van der Waals surface area contributed by atoms with Crippen LogP contribution in [-0.2, 0) is 19.1 Å². The minimum Gasteiger partial charge on any atom is -0.483 e. The Kier molecular flexibility index (Phi) is 5.02. The van der Waals surface area contributed by atoms with E-state index in [0.29, 0.717) is 22.3 Å². The fourth-order valence-corrected chi connectivity index (χ4v) is 3.18. The van der Waals surface area contributed by atoms with E-state index in [9.17, 15) is 14.4 Å². The van der Waals surface area contributed by atoms with Crippen LogP contribution in [0.3, 0.4) is 0 Å². The van der Waals surface area contributed by atoms with Crippen LogP contribution in [-0.4, -0.2) is 23.6 Å². The minimum absolute atomic E-state index is 0.230. The molecule has 0 fully saturated rings. The highest BCUT2D eigenvalue weighted by atomic mass is 16.6. The molecule has 0 aliphatic carbocycles. The van der Waals surface area contributed by atoms with Gasteiger partial charge in [0.2, 0.25) is 0 Å². The van der Waals surface area contributed by atoms with Gasteiger partial charge in [0.05, 0.1) is 5.56 Å². The Bertz CT molecular complexity index is 1030. The van der Waals surface area contributed by atoms with Gasteiger partial charge in [-0.1, -0.05) is 6.08 Å². The van der Waals surface area contributed by atoms with Crippen LogP contribution >= 0.6 is 0 Å². The summed E-state index contributed by atoms with van der Waals surface area (Å²) in [5.74, 6) is -0.717. The molecule has 0 unspecified atom stereocenters. The number of hydrogen-bond acceptors (Lipinski definition) is 7. The zero-order chi connectivity index (χ0) is 20.6. The lowest BCUT2D eigenvalue weighted by molar-refractivity contribution is -0.186. The molecule has 0 amide bonds. The summed E-state index contributed by atoms with van der Waals surface area (Å²) in [5, 5.41) is 0.632.